The van der Waals surface area contributed by atoms with E-state index in [0.717, 1.165) is 24.2 Å². The monoisotopic (exact) mass is 426 g/mol. The van der Waals surface area contributed by atoms with Crippen molar-refractivity contribution in [2.24, 2.45) is 0 Å². The number of carbonyl (C=O) groups excluding carboxylic acids is 1. The standard InChI is InChI=1S/C22H23ClN4O3/c1-15-4-9-20(28)27(25-15)14-21(29)26-10-2-3-17(13-26)22-24-12-19(30-22)11-16-5-7-18(23)8-6-16/h4-9,12,17H,2-3,10-11,13-14H2,1H3. The minimum Gasteiger partial charge on any atom is -0.445 e. The van der Waals surface area contributed by atoms with Crippen LogP contribution in [0.25, 0.3) is 0 Å². The summed E-state index contributed by atoms with van der Waals surface area (Å²) < 4.78 is 7.21. The van der Waals surface area contributed by atoms with Gasteiger partial charge < -0.3 is 9.32 Å². The lowest BCUT2D eigenvalue weighted by molar-refractivity contribution is -0.133. The lowest BCUT2D eigenvalue weighted by Gasteiger charge is -2.31. The molecule has 1 fully saturated rings. The van der Waals surface area contributed by atoms with Crippen LogP contribution in [0.15, 0.2) is 51.8 Å². The van der Waals surface area contributed by atoms with Gasteiger partial charge >= 0.3 is 0 Å². The first kappa shape index (κ1) is 20.3. The second-order valence-corrected chi connectivity index (χ2v) is 8.05. The van der Waals surface area contributed by atoms with Gasteiger partial charge in [-0.2, -0.15) is 5.10 Å². The van der Waals surface area contributed by atoms with Crippen molar-refractivity contribution >= 4 is 17.5 Å². The predicted molar refractivity (Wildman–Crippen MR) is 113 cm³/mol. The van der Waals surface area contributed by atoms with E-state index in [1.165, 1.54) is 10.7 Å². The zero-order chi connectivity index (χ0) is 21.1. The Morgan fingerprint density at radius 2 is 2.03 bits per heavy atom. The normalized spacial score (nSPS) is 16.6. The molecule has 4 rings (SSSR count). The Morgan fingerprint density at radius 3 is 2.83 bits per heavy atom. The van der Waals surface area contributed by atoms with Gasteiger partial charge in [-0.05, 0) is 43.5 Å². The number of rotatable bonds is 5. The molecular weight excluding hydrogens is 404 g/mol. The molecular formula is C22H23ClN4O3. The summed E-state index contributed by atoms with van der Waals surface area (Å²) in [6.07, 6.45) is 4.16. The number of likely N-dealkylation sites (tertiary alicyclic amines) is 1. The van der Waals surface area contributed by atoms with Gasteiger partial charge in [0.25, 0.3) is 5.56 Å². The molecule has 1 unspecified atom stereocenters. The van der Waals surface area contributed by atoms with Crippen molar-refractivity contribution in [3.8, 4) is 0 Å². The van der Waals surface area contributed by atoms with E-state index in [4.69, 9.17) is 16.0 Å². The third-order valence-corrected chi connectivity index (χ3v) is 5.52. The maximum atomic E-state index is 12.7. The van der Waals surface area contributed by atoms with E-state index in [2.05, 4.69) is 10.1 Å². The molecule has 3 heterocycles. The minimum absolute atomic E-state index is 0.0452. The van der Waals surface area contributed by atoms with Crippen molar-refractivity contribution < 1.29 is 9.21 Å². The van der Waals surface area contributed by atoms with Gasteiger partial charge in [-0.25, -0.2) is 9.67 Å². The summed E-state index contributed by atoms with van der Waals surface area (Å²) in [5.74, 6) is 1.37. The fourth-order valence-corrected chi connectivity index (χ4v) is 3.82. The molecule has 0 aliphatic carbocycles. The number of aromatic nitrogens is 3. The average Bonchev–Trinajstić information content (AvgIpc) is 3.21. The van der Waals surface area contributed by atoms with Gasteiger partial charge in [0.1, 0.15) is 12.3 Å². The molecule has 1 amide bonds. The maximum absolute atomic E-state index is 12.7. The molecule has 156 valence electrons. The third kappa shape index (κ3) is 4.79. The minimum atomic E-state index is -0.276. The second kappa shape index (κ2) is 8.83. The number of oxazole rings is 1. The first-order valence-corrected chi connectivity index (χ1v) is 10.4. The van der Waals surface area contributed by atoms with Crippen LogP contribution in [-0.4, -0.2) is 38.7 Å². The SMILES string of the molecule is Cc1ccc(=O)n(CC(=O)N2CCCC(c3ncc(Cc4ccc(Cl)cc4)o3)C2)n1. The van der Waals surface area contributed by atoms with Crippen molar-refractivity contribution in [2.45, 2.75) is 38.6 Å². The second-order valence-electron chi connectivity index (χ2n) is 7.62. The molecule has 2 aromatic heterocycles. The quantitative estimate of drug-likeness (QED) is 0.625. The van der Waals surface area contributed by atoms with Crippen molar-refractivity contribution in [3.05, 3.63) is 80.9 Å². The maximum Gasteiger partial charge on any atom is 0.267 e. The Hall–Kier alpha value is -2.93. The number of amides is 1. The lowest BCUT2D eigenvalue weighted by atomic mass is 9.98. The molecule has 0 spiro atoms. The molecule has 7 nitrogen and oxygen atoms in total. The van der Waals surface area contributed by atoms with E-state index < -0.39 is 0 Å². The van der Waals surface area contributed by atoms with Crippen LogP contribution in [0.2, 0.25) is 5.02 Å². The van der Waals surface area contributed by atoms with Crippen molar-refractivity contribution in [1.82, 2.24) is 19.7 Å². The van der Waals surface area contributed by atoms with E-state index in [1.54, 1.807) is 24.1 Å². The van der Waals surface area contributed by atoms with Gasteiger partial charge in [-0.1, -0.05) is 23.7 Å². The number of hydrogen-bond donors (Lipinski definition) is 0. The Labute approximate surface area is 179 Å². The van der Waals surface area contributed by atoms with Gasteiger partial charge in [0.15, 0.2) is 5.89 Å². The summed E-state index contributed by atoms with van der Waals surface area (Å²) in [6, 6.07) is 10.7. The summed E-state index contributed by atoms with van der Waals surface area (Å²) in [6.45, 7) is 2.93. The molecule has 0 saturated carbocycles. The zero-order valence-electron chi connectivity index (χ0n) is 16.8. The fourth-order valence-electron chi connectivity index (χ4n) is 3.69. The first-order chi connectivity index (χ1) is 14.5. The topological polar surface area (TPSA) is 81.2 Å². The molecule has 3 aromatic rings. The molecule has 0 N–H and O–H groups in total. The highest BCUT2D eigenvalue weighted by molar-refractivity contribution is 6.30. The molecule has 30 heavy (non-hydrogen) atoms. The van der Waals surface area contributed by atoms with Gasteiger partial charge in [-0.15, -0.1) is 0 Å². The predicted octanol–water partition coefficient (Wildman–Crippen LogP) is 3.19. The average molecular weight is 427 g/mol. The van der Waals surface area contributed by atoms with Crippen LogP contribution >= 0.6 is 11.6 Å². The van der Waals surface area contributed by atoms with E-state index in [-0.39, 0.29) is 23.9 Å². The van der Waals surface area contributed by atoms with Crippen LogP contribution < -0.4 is 5.56 Å². The number of carbonyl (C=O) groups is 1. The van der Waals surface area contributed by atoms with Gasteiger partial charge in [0.2, 0.25) is 5.91 Å². The first-order valence-electron chi connectivity index (χ1n) is 9.99. The zero-order valence-corrected chi connectivity index (χ0v) is 17.5. The van der Waals surface area contributed by atoms with E-state index in [9.17, 15) is 9.59 Å². The molecule has 0 bridgehead atoms. The smallest absolute Gasteiger partial charge is 0.267 e. The van der Waals surface area contributed by atoms with Crippen LogP contribution in [0, 0.1) is 6.92 Å². The van der Waals surface area contributed by atoms with Crippen molar-refractivity contribution in [2.75, 3.05) is 13.1 Å². The molecule has 1 aliphatic heterocycles. The highest BCUT2D eigenvalue weighted by Gasteiger charge is 2.28. The number of piperidine rings is 1. The van der Waals surface area contributed by atoms with E-state index in [0.29, 0.717) is 36.1 Å². The van der Waals surface area contributed by atoms with Crippen molar-refractivity contribution in [3.63, 3.8) is 0 Å². The summed E-state index contributed by atoms with van der Waals surface area (Å²) in [5.41, 5.74) is 1.52. The van der Waals surface area contributed by atoms with E-state index >= 15 is 0 Å². The Bertz CT molecular complexity index is 1090. The van der Waals surface area contributed by atoms with Crippen LogP contribution in [0.3, 0.4) is 0 Å². The number of aryl methyl sites for hydroxylation is 1. The lowest BCUT2D eigenvalue weighted by Crippen LogP contribution is -2.42. The highest BCUT2D eigenvalue weighted by atomic mass is 35.5. The molecule has 1 atom stereocenters. The van der Waals surface area contributed by atoms with Gasteiger partial charge in [-0.3, -0.25) is 9.59 Å². The van der Waals surface area contributed by atoms with Crippen LogP contribution in [0.5, 0.6) is 0 Å². The highest BCUT2D eigenvalue weighted by Crippen LogP contribution is 2.27. The molecule has 1 aliphatic rings. The third-order valence-electron chi connectivity index (χ3n) is 5.27. The summed E-state index contributed by atoms with van der Waals surface area (Å²) in [7, 11) is 0. The van der Waals surface area contributed by atoms with Crippen LogP contribution in [-0.2, 0) is 17.8 Å². The summed E-state index contributed by atoms with van der Waals surface area (Å²) in [4.78, 5) is 30.9. The van der Waals surface area contributed by atoms with Gasteiger partial charge in [0.05, 0.1) is 17.8 Å². The Balaban J connectivity index is 1.40. The molecule has 1 aromatic carbocycles. The van der Waals surface area contributed by atoms with Crippen LogP contribution in [0.4, 0.5) is 0 Å². The molecule has 8 heteroatoms. The summed E-state index contributed by atoms with van der Waals surface area (Å²) >= 11 is 5.94. The number of nitrogens with zero attached hydrogens (tertiary/aromatic N) is 4. The Kier molecular flexibility index (Phi) is 5.99. The number of hydrogen-bond acceptors (Lipinski definition) is 5. The van der Waals surface area contributed by atoms with Crippen molar-refractivity contribution in [1.29, 1.82) is 0 Å². The van der Waals surface area contributed by atoms with E-state index in [1.807, 2.05) is 24.3 Å². The largest absolute Gasteiger partial charge is 0.445 e. The van der Waals surface area contributed by atoms with Gasteiger partial charge in [0, 0.05) is 30.6 Å². The fraction of sp³-hybridized carbons (Fsp3) is 0.364. The molecule has 0 radical (unpaired) electrons. The summed E-state index contributed by atoms with van der Waals surface area (Å²) in [5, 5.41) is 4.85. The Morgan fingerprint density at radius 1 is 1.23 bits per heavy atom. The number of benzene rings is 1. The number of halogens is 1. The van der Waals surface area contributed by atoms with Crippen LogP contribution in [0.1, 0.15) is 41.7 Å². The molecule has 1 saturated heterocycles.